The molecule has 118 valence electrons. The summed E-state index contributed by atoms with van der Waals surface area (Å²) < 4.78 is 10.9. The minimum absolute atomic E-state index is 0.0700. The summed E-state index contributed by atoms with van der Waals surface area (Å²) in [6.07, 6.45) is 0. The maximum Gasteiger partial charge on any atom is 0.349 e. The highest BCUT2D eigenvalue weighted by molar-refractivity contribution is 6.38. The summed E-state index contributed by atoms with van der Waals surface area (Å²) in [5.74, 6) is 0.384. The summed E-state index contributed by atoms with van der Waals surface area (Å²) in [5.41, 5.74) is 0.552. The zero-order valence-electron chi connectivity index (χ0n) is 12.0. The van der Waals surface area contributed by atoms with Crippen LogP contribution >= 0.6 is 23.2 Å². The molecular formula is C17H8Cl2N2O3. The summed E-state index contributed by atoms with van der Waals surface area (Å²) >= 11 is 12.0. The molecule has 2 heterocycles. The van der Waals surface area contributed by atoms with Gasteiger partial charge in [-0.2, -0.15) is 0 Å². The molecule has 0 spiro atoms. The van der Waals surface area contributed by atoms with Crippen molar-refractivity contribution in [2.45, 2.75) is 0 Å². The van der Waals surface area contributed by atoms with Gasteiger partial charge in [-0.15, -0.1) is 10.2 Å². The van der Waals surface area contributed by atoms with Gasteiger partial charge in [0.2, 0.25) is 5.89 Å². The Balaban J connectivity index is 1.87. The summed E-state index contributed by atoms with van der Waals surface area (Å²) in [4.78, 5) is 12.2. The number of rotatable bonds is 2. The van der Waals surface area contributed by atoms with Crippen molar-refractivity contribution in [3.63, 3.8) is 0 Å². The van der Waals surface area contributed by atoms with Crippen molar-refractivity contribution in [2.24, 2.45) is 0 Å². The average Bonchev–Trinajstić information content (AvgIpc) is 3.06. The van der Waals surface area contributed by atoms with Crippen LogP contribution in [0.3, 0.4) is 0 Å². The van der Waals surface area contributed by atoms with Crippen LogP contribution in [-0.4, -0.2) is 10.2 Å². The Bertz CT molecular complexity index is 1100. The SMILES string of the molecule is O=c1oc2c(Cl)cc(Cl)cc2cc1-c1nnc(-c2ccccc2)o1. The zero-order valence-corrected chi connectivity index (χ0v) is 13.5. The van der Waals surface area contributed by atoms with E-state index in [1.807, 2.05) is 30.3 Å². The Morgan fingerprint density at radius 2 is 1.62 bits per heavy atom. The van der Waals surface area contributed by atoms with E-state index < -0.39 is 5.63 Å². The van der Waals surface area contributed by atoms with Crippen LogP contribution in [0.2, 0.25) is 10.0 Å². The summed E-state index contributed by atoms with van der Waals surface area (Å²) in [5, 5.41) is 9.17. The summed E-state index contributed by atoms with van der Waals surface area (Å²) in [7, 11) is 0. The molecule has 4 rings (SSSR count). The van der Waals surface area contributed by atoms with Crippen LogP contribution < -0.4 is 5.63 Å². The molecule has 2 aromatic carbocycles. The van der Waals surface area contributed by atoms with Gasteiger partial charge in [-0.25, -0.2) is 4.79 Å². The lowest BCUT2D eigenvalue weighted by molar-refractivity contribution is 0.547. The van der Waals surface area contributed by atoms with E-state index in [1.165, 1.54) is 6.07 Å². The lowest BCUT2D eigenvalue weighted by Crippen LogP contribution is -2.03. The molecule has 5 nitrogen and oxygen atoms in total. The molecule has 0 saturated heterocycles. The maximum atomic E-state index is 12.2. The molecule has 7 heteroatoms. The van der Waals surface area contributed by atoms with Crippen LogP contribution in [0.5, 0.6) is 0 Å². The van der Waals surface area contributed by atoms with Gasteiger partial charge in [0.1, 0.15) is 5.56 Å². The van der Waals surface area contributed by atoms with Crippen molar-refractivity contribution in [3.8, 4) is 22.9 Å². The second kappa shape index (κ2) is 5.78. The van der Waals surface area contributed by atoms with E-state index in [2.05, 4.69) is 10.2 Å². The van der Waals surface area contributed by atoms with Crippen LogP contribution in [-0.2, 0) is 0 Å². The molecule has 0 amide bonds. The molecule has 0 aliphatic rings. The van der Waals surface area contributed by atoms with E-state index in [0.29, 0.717) is 16.3 Å². The van der Waals surface area contributed by atoms with Crippen LogP contribution in [0.4, 0.5) is 0 Å². The molecule has 0 aliphatic heterocycles. The van der Waals surface area contributed by atoms with E-state index >= 15 is 0 Å². The monoisotopic (exact) mass is 358 g/mol. The molecule has 0 N–H and O–H groups in total. The van der Waals surface area contributed by atoms with E-state index in [9.17, 15) is 4.79 Å². The zero-order chi connectivity index (χ0) is 16.7. The first-order valence-electron chi connectivity index (χ1n) is 6.94. The van der Waals surface area contributed by atoms with E-state index in [0.717, 1.165) is 5.56 Å². The van der Waals surface area contributed by atoms with Crippen LogP contribution in [0.1, 0.15) is 0 Å². The molecule has 0 unspecified atom stereocenters. The Kier molecular flexibility index (Phi) is 3.59. The molecule has 4 aromatic rings. The number of hydrogen-bond donors (Lipinski definition) is 0. The van der Waals surface area contributed by atoms with Crippen LogP contribution in [0.25, 0.3) is 33.9 Å². The van der Waals surface area contributed by atoms with Crippen molar-refractivity contribution < 1.29 is 8.83 Å². The second-order valence-corrected chi connectivity index (χ2v) is 5.88. The van der Waals surface area contributed by atoms with Gasteiger partial charge in [0.05, 0.1) is 5.02 Å². The fourth-order valence-corrected chi connectivity index (χ4v) is 2.88. The summed E-state index contributed by atoms with van der Waals surface area (Å²) in [6, 6.07) is 14.0. The molecule has 0 saturated carbocycles. The van der Waals surface area contributed by atoms with Gasteiger partial charge in [-0.3, -0.25) is 0 Å². The van der Waals surface area contributed by atoms with Crippen molar-refractivity contribution in [2.75, 3.05) is 0 Å². The Labute approximate surface area is 145 Å². The highest BCUT2D eigenvalue weighted by Gasteiger charge is 2.17. The fraction of sp³-hybridized carbons (Fsp3) is 0. The average molecular weight is 359 g/mol. The number of halogens is 2. The van der Waals surface area contributed by atoms with Gasteiger partial charge in [0.25, 0.3) is 5.89 Å². The fourth-order valence-electron chi connectivity index (χ4n) is 2.34. The third-order valence-electron chi connectivity index (χ3n) is 3.43. The van der Waals surface area contributed by atoms with Gasteiger partial charge in [-0.1, -0.05) is 41.4 Å². The van der Waals surface area contributed by atoms with Gasteiger partial charge >= 0.3 is 5.63 Å². The van der Waals surface area contributed by atoms with Gasteiger partial charge in [-0.05, 0) is 30.3 Å². The normalized spacial score (nSPS) is 11.1. The quantitative estimate of drug-likeness (QED) is 0.480. The Morgan fingerprint density at radius 3 is 2.42 bits per heavy atom. The molecule has 2 aromatic heterocycles. The topological polar surface area (TPSA) is 69.1 Å². The first-order chi connectivity index (χ1) is 11.6. The standard InChI is InChI=1S/C17H8Cl2N2O3/c18-11-6-10-7-12(17(22)23-14(10)13(19)8-11)16-21-20-15(24-16)9-4-2-1-3-5-9/h1-8H. The highest BCUT2D eigenvalue weighted by atomic mass is 35.5. The van der Waals surface area contributed by atoms with Crippen molar-refractivity contribution in [1.29, 1.82) is 0 Å². The number of hydrogen-bond acceptors (Lipinski definition) is 5. The molecule has 0 fully saturated rings. The highest BCUT2D eigenvalue weighted by Crippen LogP contribution is 2.30. The van der Waals surface area contributed by atoms with Gasteiger partial charge in [0.15, 0.2) is 5.58 Å². The van der Waals surface area contributed by atoms with E-state index in [1.54, 1.807) is 12.1 Å². The minimum atomic E-state index is -0.616. The largest absolute Gasteiger partial charge is 0.421 e. The third-order valence-corrected chi connectivity index (χ3v) is 3.93. The van der Waals surface area contributed by atoms with Crippen molar-refractivity contribution in [3.05, 3.63) is 69.0 Å². The van der Waals surface area contributed by atoms with Crippen molar-refractivity contribution in [1.82, 2.24) is 10.2 Å². The smallest absolute Gasteiger partial charge is 0.349 e. The van der Waals surface area contributed by atoms with Crippen LogP contribution in [0, 0.1) is 0 Å². The second-order valence-electron chi connectivity index (χ2n) is 5.03. The van der Waals surface area contributed by atoms with Crippen LogP contribution in [0.15, 0.2) is 62.2 Å². The number of fused-ring (bicyclic) bond motifs is 1. The molecule has 0 atom stereocenters. The predicted octanol–water partition coefficient (Wildman–Crippen LogP) is 4.82. The first kappa shape index (κ1) is 14.9. The number of nitrogens with zero attached hydrogens (tertiary/aromatic N) is 2. The third kappa shape index (κ3) is 2.58. The number of benzene rings is 2. The molecule has 24 heavy (non-hydrogen) atoms. The number of aromatic nitrogens is 2. The predicted molar refractivity (Wildman–Crippen MR) is 91.2 cm³/mol. The lowest BCUT2D eigenvalue weighted by Gasteiger charge is -2.01. The Morgan fingerprint density at radius 1 is 0.875 bits per heavy atom. The first-order valence-corrected chi connectivity index (χ1v) is 7.69. The summed E-state index contributed by atoms with van der Waals surface area (Å²) in [6.45, 7) is 0. The minimum Gasteiger partial charge on any atom is -0.421 e. The van der Waals surface area contributed by atoms with Gasteiger partial charge < -0.3 is 8.83 Å². The molecule has 0 radical (unpaired) electrons. The van der Waals surface area contributed by atoms with Gasteiger partial charge in [0, 0.05) is 16.0 Å². The molecular weight excluding hydrogens is 351 g/mol. The lowest BCUT2D eigenvalue weighted by atomic mass is 10.2. The molecule has 0 aliphatic carbocycles. The van der Waals surface area contributed by atoms with E-state index in [-0.39, 0.29) is 22.1 Å². The van der Waals surface area contributed by atoms with Crippen molar-refractivity contribution >= 4 is 34.2 Å². The maximum absolute atomic E-state index is 12.2. The molecule has 0 bridgehead atoms. The van der Waals surface area contributed by atoms with E-state index in [4.69, 9.17) is 32.0 Å². The Hall–Kier alpha value is -2.63.